The summed E-state index contributed by atoms with van der Waals surface area (Å²) in [5.74, 6) is -0.0806. The zero-order valence-electron chi connectivity index (χ0n) is 17.2. The van der Waals surface area contributed by atoms with Crippen LogP contribution in [0, 0.1) is 5.82 Å². The number of hydrogen-bond acceptors (Lipinski definition) is 5. The molecule has 162 valence electrons. The zero-order valence-corrected chi connectivity index (χ0v) is 17.9. The average Bonchev–Trinajstić information content (AvgIpc) is 3.00. The highest BCUT2D eigenvalue weighted by Gasteiger charge is 2.27. The highest BCUT2D eigenvalue weighted by Crippen LogP contribution is 2.38. The van der Waals surface area contributed by atoms with Crippen LogP contribution in [0.1, 0.15) is 34.8 Å². The third-order valence-corrected chi connectivity index (χ3v) is 5.54. The topological polar surface area (TPSA) is 82.4 Å². The summed E-state index contributed by atoms with van der Waals surface area (Å²) in [7, 11) is 1.81. The van der Waals surface area contributed by atoms with Crippen LogP contribution in [0.3, 0.4) is 0 Å². The van der Waals surface area contributed by atoms with Crippen molar-refractivity contribution in [1.29, 1.82) is 0 Å². The SMILES string of the molecule is CCC(O)NCc1ccc(C(=O)N2Cc3cnn(C)c3Nc3cc(Cl)ccc32)cc1F. The van der Waals surface area contributed by atoms with Crippen LogP contribution in [-0.4, -0.2) is 27.0 Å². The Hall–Kier alpha value is -2.94. The lowest BCUT2D eigenvalue weighted by atomic mass is 10.1. The lowest BCUT2D eigenvalue weighted by molar-refractivity contribution is 0.0984. The zero-order chi connectivity index (χ0) is 22.1. The highest BCUT2D eigenvalue weighted by molar-refractivity contribution is 6.31. The number of nitrogens with one attached hydrogen (secondary N) is 2. The molecule has 0 saturated carbocycles. The Labute approximate surface area is 184 Å². The quantitative estimate of drug-likeness (QED) is 0.520. The molecule has 2 aromatic carbocycles. The Bertz CT molecular complexity index is 1130. The Morgan fingerprint density at radius 1 is 1.35 bits per heavy atom. The summed E-state index contributed by atoms with van der Waals surface area (Å²) in [5.41, 5.74) is 2.74. The summed E-state index contributed by atoms with van der Waals surface area (Å²) in [6.45, 7) is 2.27. The van der Waals surface area contributed by atoms with E-state index in [9.17, 15) is 14.3 Å². The second kappa shape index (κ2) is 8.66. The molecule has 1 aromatic heterocycles. The van der Waals surface area contributed by atoms with Crippen LogP contribution < -0.4 is 15.5 Å². The average molecular weight is 444 g/mol. The smallest absolute Gasteiger partial charge is 0.258 e. The van der Waals surface area contributed by atoms with Crippen LogP contribution in [0.5, 0.6) is 0 Å². The number of aliphatic hydroxyl groups excluding tert-OH is 1. The van der Waals surface area contributed by atoms with Crippen LogP contribution in [0.15, 0.2) is 42.6 Å². The van der Waals surface area contributed by atoms with Crippen LogP contribution in [0.25, 0.3) is 0 Å². The van der Waals surface area contributed by atoms with E-state index in [0.29, 0.717) is 28.4 Å². The van der Waals surface area contributed by atoms with E-state index < -0.39 is 12.0 Å². The van der Waals surface area contributed by atoms with Crippen LogP contribution >= 0.6 is 11.6 Å². The normalized spacial score (nSPS) is 13.8. The molecule has 1 aliphatic heterocycles. The van der Waals surface area contributed by atoms with Gasteiger partial charge in [0.15, 0.2) is 0 Å². The molecule has 1 unspecified atom stereocenters. The monoisotopic (exact) mass is 443 g/mol. The summed E-state index contributed by atoms with van der Waals surface area (Å²) in [6.07, 6.45) is 1.51. The summed E-state index contributed by atoms with van der Waals surface area (Å²) in [6, 6.07) is 9.61. The van der Waals surface area contributed by atoms with Crippen molar-refractivity contribution in [3.63, 3.8) is 0 Å². The van der Waals surface area contributed by atoms with Crippen molar-refractivity contribution in [3.8, 4) is 0 Å². The number of aromatic nitrogens is 2. The van der Waals surface area contributed by atoms with Crippen molar-refractivity contribution in [3.05, 3.63) is 70.1 Å². The van der Waals surface area contributed by atoms with Gasteiger partial charge in [0.05, 0.1) is 24.1 Å². The van der Waals surface area contributed by atoms with E-state index in [2.05, 4.69) is 15.7 Å². The van der Waals surface area contributed by atoms with Crippen molar-refractivity contribution in [1.82, 2.24) is 15.1 Å². The molecular weight excluding hydrogens is 421 g/mol. The molecule has 0 saturated heterocycles. The Balaban J connectivity index is 1.67. The number of amides is 1. The highest BCUT2D eigenvalue weighted by atomic mass is 35.5. The third kappa shape index (κ3) is 4.27. The number of carbonyl (C=O) groups excluding carboxylic acids is 1. The minimum atomic E-state index is -0.706. The summed E-state index contributed by atoms with van der Waals surface area (Å²) in [4.78, 5) is 15.0. The van der Waals surface area contributed by atoms with Crippen molar-refractivity contribution in [2.45, 2.75) is 32.7 Å². The van der Waals surface area contributed by atoms with Gasteiger partial charge >= 0.3 is 0 Å². The van der Waals surface area contributed by atoms with Crippen molar-refractivity contribution < 1.29 is 14.3 Å². The number of rotatable bonds is 5. The summed E-state index contributed by atoms with van der Waals surface area (Å²) >= 11 is 6.18. The van der Waals surface area contributed by atoms with Crippen LogP contribution in [-0.2, 0) is 20.1 Å². The first-order chi connectivity index (χ1) is 14.9. The number of aryl methyl sites for hydroxylation is 1. The molecular formula is C22H23ClFN5O2. The number of halogens is 2. The number of hydrogen-bond donors (Lipinski definition) is 3. The second-order valence-electron chi connectivity index (χ2n) is 7.43. The van der Waals surface area contributed by atoms with Gasteiger partial charge in [0.25, 0.3) is 5.91 Å². The Kier molecular flexibility index (Phi) is 5.95. The third-order valence-electron chi connectivity index (χ3n) is 5.31. The Morgan fingerprint density at radius 3 is 2.90 bits per heavy atom. The molecule has 0 radical (unpaired) electrons. The number of carbonyl (C=O) groups is 1. The molecule has 7 nitrogen and oxygen atoms in total. The molecule has 1 amide bonds. The van der Waals surface area contributed by atoms with Gasteiger partial charge in [-0.25, -0.2) is 4.39 Å². The maximum atomic E-state index is 14.7. The van der Waals surface area contributed by atoms with E-state index in [1.54, 1.807) is 46.1 Å². The molecule has 31 heavy (non-hydrogen) atoms. The van der Waals surface area contributed by atoms with Crippen LogP contribution in [0.2, 0.25) is 5.02 Å². The van der Waals surface area contributed by atoms with Gasteiger partial charge in [0.1, 0.15) is 17.9 Å². The molecule has 2 heterocycles. The number of nitrogens with zero attached hydrogens (tertiary/aromatic N) is 3. The first kappa shape index (κ1) is 21.3. The molecule has 1 aliphatic rings. The summed E-state index contributed by atoms with van der Waals surface area (Å²) < 4.78 is 16.4. The molecule has 0 aliphatic carbocycles. The molecule has 1 atom stereocenters. The molecule has 9 heteroatoms. The molecule has 0 spiro atoms. The first-order valence-corrected chi connectivity index (χ1v) is 10.3. The fourth-order valence-corrected chi connectivity index (χ4v) is 3.69. The lowest BCUT2D eigenvalue weighted by Gasteiger charge is -2.23. The molecule has 4 rings (SSSR count). The largest absolute Gasteiger partial charge is 0.379 e. The van der Waals surface area contributed by atoms with Crippen molar-refractivity contribution in [2.75, 3.05) is 10.2 Å². The molecule has 0 fully saturated rings. The predicted octanol–water partition coefficient (Wildman–Crippen LogP) is 3.93. The van der Waals surface area contributed by atoms with E-state index in [1.165, 1.54) is 6.07 Å². The van der Waals surface area contributed by atoms with Crippen LogP contribution in [0.4, 0.5) is 21.6 Å². The van der Waals surface area contributed by atoms with Gasteiger partial charge in [-0.2, -0.15) is 5.10 Å². The van der Waals surface area contributed by atoms with E-state index in [-0.39, 0.29) is 24.6 Å². The number of benzene rings is 2. The van der Waals surface area contributed by atoms with E-state index >= 15 is 0 Å². The van der Waals surface area contributed by atoms with Gasteiger partial charge in [-0.3, -0.25) is 14.8 Å². The maximum Gasteiger partial charge on any atom is 0.258 e. The van der Waals surface area contributed by atoms with Gasteiger partial charge in [-0.05, 0) is 36.8 Å². The van der Waals surface area contributed by atoms with Gasteiger partial charge < -0.3 is 15.3 Å². The lowest BCUT2D eigenvalue weighted by Crippen LogP contribution is -2.30. The number of anilines is 3. The van der Waals surface area contributed by atoms with E-state index in [0.717, 1.165) is 11.4 Å². The van der Waals surface area contributed by atoms with Gasteiger partial charge in [-0.1, -0.05) is 24.6 Å². The predicted molar refractivity (Wildman–Crippen MR) is 118 cm³/mol. The van der Waals surface area contributed by atoms with Gasteiger partial charge in [-0.15, -0.1) is 0 Å². The minimum Gasteiger partial charge on any atom is -0.379 e. The minimum absolute atomic E-state index is 0.170. The maximum absolute atomic E-state index is 14.7. The summed E-state index contributed by atoms with van der Waals surface area (Å²) in [5, 5.41) is 20.6. The Morgan fingerprint density at radius 2 is 2.16 bits per heavy atom. The molecule has 0 bridgehead atoms. The standard InChI is InChI=1S/C22H23ClFN5O2/c1-3-20(30)25-10-14-5-4-13(8-17(14)24)22(31)29-12-15-11-26-28(2)21(15)27-18-9-16(23)6-7-19(18)29/h4-9,11,20,25,27,30H,3,10,12H2,1-2H3. The first-order valence-electron chi connectivity index (χ1n) is 9.96. The molecule has 3 N–H and O–H groups in total. The van der Waals surface area contributed by atoms with E-state index in [4.69, 9.17) is 11.6 Å². The number of aliphatic hydroxyl groups is 1. The second-order valence-corrected chi connectivity index (χ2v) is 7.87. The fourth-order valence-electron chi connectivity index (χ4n) is 3.52. The van der Waals surface area contributed by atoms with Gasteiger partial charge in [0, 0.05) is 35.3 Å². The fraction of sp³-hybridized carbons (Fsp3) is 0.273. The molecule has 3 aromatic rings. The number of fused-ring (bicyclic) bond motifs is 2. The van der Waals surface area contributed by atoms with Gasteiger partial charge in [0.2, 0.25) is 0 Å². The van der Waals surface area contributed by atoms with Crippen molar-refractivity contribution in [2.24, 2.45) is 7.05 Å². The van der Waals surface area contributed by atoms with E-state index in [1.807, 2.05) is 14.0 Å². The van der Waals surface area contributed by atoms with Crippen molar-refractivity contribution >= 4 is 34.7 Å².